The van der Waals surface area contributed by atoms with Crippen LogP contribution in [0.25, 0.3) is 0 Å². The van der Waals surface area contributed by atoms with Crippen LogP contribution in [0.4, 0.5) is 0 Å². The molecule has 1 aliphatic rings. The Labute approximate surface area is 106 Å². The molecule has 1 aromatic rings. The van der Waals surface area contributed by atoms with E-state index in [9.17, 15) is 0 Å². The molecule has 2 nitrogen and oxygen atoms in total. The van der Waals surface area contributed by atoms with Gasteiger partial charge >= 0.3 is 0 Å². The van der Waals surface area contributed by atoms with Crippen LogP contribution in [0.5, 0.6) is 5.75 Å². The molecular weight excluding hydrogens is 266 g/mol. The molecule has 1 unspecified atom stereocenters. The molecule has 1 atom stereocenters. The molecule has 2 rings (SSSR count). The summed E-state index contributed by atoms with van der Waals surface area (Å²) in [7, 11) is 3.73. The van der Waals surface area contributed by atoms with Crippen molar-refractivity contribution in [1.82, 2.24) is 5.32 Å². The molecule has 0 saturated heterocycles. The van der Waals surface area contributed by atoms with Crippen LogP contribution in [-0.4, -0.2) is 14.2 Å². The highest BCUT2D eigenvalue weighted by Gasteiger charge is 2.38. The van der Waals surface area contributed by atoms with E-state index in [1.807, 2.05) is 7.05 Å². The number of ether oxygens (including phenoxy) is 1. The third-order valence-corrected chi connectivity index (χ3v) is 4.07. The largest absolute Gasteiger partial charge is 0.497 e. The summed E-state index contributed by atoms with van der Waals surface area (Å²) < 4.78 is 6.48. The lowest BCUT2D eigenvalue weighted by atomic mass is 9.86. The molecule has 16 heavy (non-hydrogen) atoms. The summed E-state index contributed by atoms with van der Waals surface area (Å²) in [5, 5.41) is 3.38. The van der Waals surface area contributed by atoms with Gasteiger partial charge in [-0.1, -0.05) is 29.8 Å². The summed E-state index contributed by atoms with van der Waals surface area (Å²) in [6.07, 6.45) is 1.13. The second-order valence-electron chi connectivity index (χ2n) is 5.00. The molecule has 0 spiro atoms. The van der Waals surface area contributed by atoms with Crippen molar-refractivity contribution in [2.75, 3.05) is 14.2 Å². The highest BCUT2D eigenvalue weighted by molar-refractivity contribution is 9.10. The van der Waals surface area contributed by atoms with Crippen LogP contribution in [0.3, 0.4) is 0 Å². The first-order valence-corrected chi connectivity index (χ1v) is 6.34. The first-order valence-electron chi connectivity index (χ1n) is 5.55. The van der Waals surface area contributed by atoms with E-state index in [1.165, 1.54) is 11.1 Å². The van der Waals surface area contributed by atoms with E-state index >= 15 is 0 Å². The van der Waals surface area contributed by atoms with Crippen LogP contribution < -0.4 is 10.1 Å². The van der Waals surface area contributed by atoms with E-state index in [0.29, 0.717) is 6.04 Å². The third-order valence-electron chi connectivity index (χ3n) is 3.45. The van der Waals surface area contributed by atoms with Crippen LogP contribution in [0.1, 0.15) is 37.4 Å². The number of benzene rings is 1. The van der Waals surface area contributed by atoms with Gasteiger partial charge in [0.05, 0.1) is 7.11 Å². The van der Waals surface area contributed by atoms with Gasteiger partial charge in [0.15, 0.2) is 0 Å². The maximum atomic E-state index is 5.32. The minimum Gasteiger partial charge on any atom is -0.497 e. The number of hydrogen-bond acceptors (Lipinski definition) is 2. The lowest BCUT2D eigenvalue weighted by molar-refractivity contribution is 0.413. The zero-order valence-corrected chi connectivity index (χ0v) is 11.8. The Morgan fingerprint density at radius 2 is 2.12 bits per heavy atom. The smallest absolute Gasteiger partial charge is 0.120 e. The Hall–Kier alpha value is -0.540. The average molecular weight is 284 g/mol. The summed E-state index contributed by atoms with van der Waals surface area (Å²) in [5.74, 6) is 0.920. The average Bonchev–Trinajstić information content (AvgIpc) is 2.50. The normalized spacial score (nSPS) is 21.9. The molecule has 0 bridgehead atoms. The molecule has 0 aromatic heterocycles. The predicted molar refractivity (Wildman–Crippen MR) is 70.1 cm³/mol. The van der Waals surface area contributed by atoms with E-state index in [2.05, 4.69) is 47.2 Å². The molecule has 1 aliphatic carbocycles. The van der Waals surface area contributed by atoms with Gasteiger partial charge in [0, 0.05) is 10.5 Å². The zero-order chi connectivity index (χ0) is 11.9. The SMILES string of the molecule is CNC1CC(C)(C)c2c(Br)cc(OC)cc21. The fourth-order valence-corrected chi connectivity index (χ4v) is 3.68. The molecule has 0 heterocycles. The highest BCUT2D eigenvalue weighted by Crippen LogP contribution is 2.48. The van der Waals surface area contributed by atoms with Crippen LogP contribution >= 0.6 is 15.9 Å². The number of rotatable bonds is 2. The summed E-state index contributed by atoms with van der Waals surface area (Å²) in [4.78, 5) is 0. The Kier molecular flexibility index (Phi) is 3.01. The summed E-state index contributed by atoms with van der Waals surface area (Å²) in [6, 6.07) is 4.63. The predicted octanol–water partition coefficient (Wildman–Crippen LogP) is 3.40. The molecule has 3 heteroatoms. The van der Waals surface area contributed by atoms with Gasteiger partial charge in [0.2, 0.25) is 0 Å². The summed E-state index contributed by atoms with van der Waals surface area (Å²) in [5.41, 5.74) is 2.99. The molecule has 0 amide bonds. The van der Waals surface area contributed by atoms with Crippen molar-refractivity contribution in [2.45, 2.75) is 31.7 Å². The zero-order valence-electron chi connectivity index (χ0n) is 10.2. The van der Waals surface area contributed by atoms with Crippen molar-refractivity contribution >= 4 is 15.9 Å². The molecule has 88 valence electrons. The van der Waals surface area contributed by atoms with Crippen molar-refractivity contribution in [3.63, 3.8) is 0 Å². The van der Waals surface area contributed by atoms with E-state index in [-0.39, 0.29) is 5.41 Å². The Morgan fingerprint density at radius 3 is 2.69 bits per heavy atom. The Balaban J connectivity index is 2.60. The van der Waals surface area contributed by atoms with Gasteiger partial charge in [-0.15, -0.1) is 0 Å². The first kappa shape index (κ1) is 11.9. The third kappa shape index (κ3) is 1.76. The maximum absolute atomic E-state index is 5.32. The van der Waals surface area contributed by atoms with Crippen LogP contribution in [0.2, 0.25) is 0 Å². The van der Waals surface area contributed by atoms with Gasteiger partial charge in [-0.2, -0.15) is 0 Å². The van der Waals surface area contributed by atoms with E-state index in [1.54, 1.807) is 7.11 Å². The van der Waals surface area contributed by atoms with Crippen molar-refractivity contribution in [2.24, 2.45) is 0 Å². The summed E-state index contributed by atoms with van der Waals surface area (Å²) >= 11 is 3.66. The van der Waals surface area contributed by atoms with E-state index < -0.39 is 0 Å². The second kappa shape index (κ2) is 4.04. The number of methoxy groups -OCH3 is 1. The number of fused-ring (bicyclic) bond motifs is 1. The molecular formula is C13H18BrNO. The maximum Gasteiger partial charge on any atom is 0.120 e. The van der Waals surface area contributed by atoms with Gasteiger partial charge in [-0.3, -0.25) is 0 Å². The number of hydrogen-bond donors (Lipinski definition) is 1. The van der Waals surface area contributed by atoms with Crippen LogP contribution in [-0.2, 0) is 5.41 Å². The fourth-order valence-electron chi connectivity index (χ4n) is 2.69. The molecule has 1 N–H and O–H groups in total. The number of halogens is 1. The van der Waals surface area contributed by atoms with Crippen molar-refractivity contribution < 1.29 is 4.74 Å². The Morgan fingerprint density at radius 1 is 1.44 bits per heavy atom. The lowest BCUT2D eigenvalue weighted by Gasteiger charge is -2.20. The minimum atomic E-state index is 0.216. The monoisotopic (exact) mass is 283 g/mol. The standard InChI is InChI=1S/C13H18BrNO/c1-13(2)7-11(15-3)9-5-8(16-4)6-10(14)12(9)13/h5-6,11,15H,7H2,1-4H3. The van der Waals surface area contributed by atoms with E-state index in [4.69, 9.17) is 4.74 Å². The van der Waals surface area contributed by atoms with Crippen molar-refractivity contribution in [1.29, 1.82) is 0 Å². The molecule has 0 radical (unpaired) electrons. The van der Waals surface area contributed by atoms with Gasteiger partial charge in [-0.25, -0.2) is 0 Å². The number of nitrogens with one attached hydrogen (secondary N) is 1. The second-order valence-corrected chi connectivity index (χ2v) is 5.86. The van der Waals surface area contributed by atoms with Gasteiger partial charge in [0.1, 0.15) is 5.75 Å². The van der Waals surface area contributed by atoms with Gasteiger partial charge in [0.25, 0.3) is 0 Å². The quantitative estimate of drug-likeness (QED) is 0.898. The van der Waals surface area contributed by atoms with Gasteiger partial charge in [-0.05, 0) is 42.1 Å². The van der Waals surface area contributed by atoms with Crippen LogP contribution in [0.15, 0.2) is 16.6 Å². The summed E-state index contributed by atoms with van der Waals surface area (Å²) in [6.45, 7) is 4.58. The van der Waals surface area contributed by atoms with Crippen molar-refractivity contribution in [3.8, 4) is 5.75 Å². The van der Waals surface area contributed by atoms with E-state index in [0.717, 1.165) is 16.6 Å². The molecule has 0 saturated carbocycles. The highest BCUT2D eigenvalue weighted by atomic mass is 79.9. The molecule has 1 aromatic carbocycles. The lowest BCUT2D eigenvalue weighted by Crippen LogP contribution is -2.17. The molecule has 0 fully saturated rings. The minimum absolute atomic E-state index is 0.216. The van der Waals surface area contributed by atoms with Gasteiger partial charge < -0.3 is 10.1 Å². The van der Waals surface area contributed by atoms with Crippen LogP contribution in [0, 0.1) is 0 Å². The topological polar surface area (TPSA) is 21.3 Å². The first-order chi connectivity index (χ1) is 7.49. The van der Waals surface area contributed by atoms with Crippen molar-refractivity contribution in [3.05, 3.63) is 27.7 Å². The fraction of sp³-hybridized carbons (Fsp3) is 0.538. The molecule has 0 aliphatic heterocycles. The Bertz CT molecular complexity index is 415.